The summed E-state index contributed by atoms with van der Waals surface area (Å²) >= 11 is 0. The fourth-order valence-corrected chi connectivity index (χ4v) is 2.69. The van der Waals surface area contributed by atoms with Crippen LogP contribution in [0, 0.1) is 0 Å². The fraction of sp³-hybridized carbons (Fsp3) is 0.500. The van der Waals surface area contributed by atoms with E-state index >= 15 is 0 Å². The second-order valence-corrected chi connectivity index (χ2v) is 6.43. The lowest BCUT2D eigenvalue weighted by Crippen LogP contribution is -2.38. The van der Waals surface area contributed by atoms with Gasteiger partial charge in [0.1, 0.15) is 5.75 Å². The number of rotatable bonds is 5. The van der Waals surface area contributed by atoms with Gasteiger partial charge >= 0.3 is 0 Å². The van der Waals surface area contributed by atoms with Crippen LogP contribution < -0.4 is 4.74 Å². The van der Waals surface area contributed by atoms with Crippen LogP contribution in [0.4, 0.5) is 0 Å². The Labute approximate surface area is 109 Å². The summed E-state index contributed by atoms with van der Waals surface area (Å²) in [5.74, 6) is 0.686. The summed E-state index contributed by atoms with van der Waals surface area (Å²) in [6.45, 7) is 1.83. The van der Waals surface area contributed by atoms with Gasteiger partial charge in [0.25, 0.3) is 10.2 Å². The minimum atomic E-state index is -3.44. The quantitative estimate of drug-likeness (QED) is 0.816. The molecule has 0 radical (unpaired) electrons. The first-order chi connectivity index (χ1) is 8.32. The largest absolute Gasteiger partial charge is 0.496 e. The highest BCUT2D eigenvalue weighted by Crippen LogP contribution is 2.29. The third-order valence-electron chi connectivity index (χ3n) is 2.96. The van der Waals surface area contributed by atoms with Crippen molar-refractivity contribution >= 4 is 10.2 Å². The van der Waals surface area contributed by atoms with E-state index in [0.29, 0.717) is 5.75 Å². The standard InChI is InChI=1S/C12H20N2O3S/c1-10(14(4)18(15,16)13(2)3)11-8-6-7-9-12(11)17-5/h6-10H,1-5H3/t10-/m1/s1. The molecule has 0 aliphatic rings. The zero-order valence-corrected chi connectivity index (χ0v) is 12.2. The summed E-state index contributed by atoms with van der Waals surface area (Å²) in [6, 6.07) is 7.11. The molecule has 1 aromatic carbocycles. The van der Waals surface area contributed by atoms with Crippen molar-refractivity contribution in [1.29, 1.82) is 0 Å². The zero-order valence-electron chi connectivity index (χ0n) is 11.4. The maximum absolute atomic E-state index is 12.1. The number of ether oxygens (including phenoxy) is 1. The van der Waals surface area contributed by atoms with Crippen LogP contribution in [0.15, 0.2) is 24.3 Å². The van der Waals surface area contributed by atoms with Crippen LogP contribution in [-0.4, -0.2) is 45.3 Å². The van der Waals surface area contributed by atoms with Crippen LogP contribution in [0.2, 0.25) is 0 Å². The molecular formula is C12H20N2O3S. The Morgan fingerprint density at radius 3 is 2.22 bits per heavy atom. The molecule has 5 nitrogen and oxygen atoms in total. The number of methoxy groups -OCH3 is 1. The number of nitrogens with zero attached hydrogens (tertiary/aromatic N) is 2. The van der Waals surface area contributed by atoms with Gasteiger partial charge in [0, 0.05) is 26.7 Å². The van der Waals surface area contributed by atoms with E-state index < -0.39 is 10.2 Å². The summed E-state index contributed by atoms with van der Waals surface area (Å²) in [5, 5.41) is 0. The molecule has 0 saturated carbocycles. The van der Waals surface area contributed by atoms with Gasteiger partial charge in [-0.1, -0.05) is 18.2 Å². The molecule has 0 aliphatic carbocycles. The Kier molecular flexibility index (Phi) is 4.72. The molecule has 6 heteroatoms. The molecule has 0 amide bonds. The highest BCUT2D eigenvalue weighted by atomic mass is 32.2. The zero-order chi connectivity index (χ0) is 13.9. The molecule has 0 N–H and O–H groups in total. The summed E-state index contributed by atoms with van der Waals surface area (Å²) in [4.78, 5) is 0. The van der Waals surface area contributed by atoms with E-state index in [1.165, 1.54) is 22.7 Å². The molecule has 0 fully saturated rings. The molecule has 18 heavy (non-hydrogen) atoms. The second-order valence-electron chi connectivity index (χ2n) is 4.22. The lowest BCUT2D eigenvalue weighted by Gasteiger charge is -2.28. The SMILES string of the molecule is COc1ccccc1[C@@H](C)N(C)S(=O)(=O)N(C)C. The molecule has 0 bridgehead atoms. The first-order valence-corrected chi connectivity index (χ1v) is 7.00. The monoisotopic (exact) mass is 272 g/mol. The van der Waals surface area contributed by atoms with Gasteiger partial charge in [-0.3, -0.25) is 0 Å². The number of benzene rings is 1. The predicted molar refractivity (Wildman–Crippen MR) is 71.8 cm³/mol. The average Bonchev–Trinajstić information content (AvgIpc) is 2.36. The van der Waals surface area contributed by atoms with Gasteiger partial charge in [-0.2, -0.15) is 17.0 Å². The molecule has 0 saturated heterocycles. The maximum atomic E-state index is 12.1. The van der Waals surface area contributed by atoms with Crippen LogP contribution in [0.25, 0.3) is 0 Å². The molecular weight excluding hydrogens is 252 g/mol. The van der Waals surface area contributed by atoms with E-state index in [2.05, 4.69) is 0 Å². The summed E-state index contributed by atoms with van der Waals surface area (Å²) < 4.78 is 31.9. The number of hydrogen-bond acceptors (Lipinski definition) is 3. The Balaban J connectivity index is 3.11. The van der Waals surface area contributed by atoms with Gasteiger partial charge in [0.2, 0.25) is 0 Å². The van der Waals surface area contributed by atoms with Crippen molar-refractivity contribution in [3.63, 3.8) is 0 Å². The normalized spacial score (nSPS) is 13.9. The minimum absolute atomic E-state index is 0.298. The van der Waals surface area contributed by atoms with Crippen molar-refractivity contribution in [3.8, 4) is 5.75 Å². The number of para-hydroxylation sites is 1. The van der Waals surface area contributed by atoms with Crippen molar-refractivity contribution in [2.45, 2.75) is 13.0 Å². The van der Waals surface area contributed by atoms with Gasteiger partial charge in [-0.15, -0.1) is 0 Å². The van der Waals surface area contributed by atoms with Crippen molar-refractivity contribution in [2.75, 3.05) is 28.3 Å². The van der Waals surface area contributed by atoms with Crippen LogP contribution in [0.3, 0.4) is 0 Å². The van der Waals surface area contributed by atoms with Gasteiger partial charge in [-0.05, 0) is 13.0 Å². The Bertz CT molecular complexity index is 500. The maximum Gasteiger partial charge on any atom is 0.281 e. The van der Waals surface area contributed by atoms with Crippen molar-refractivity contribution in [2.24, 2.45) is 0 Å². The lowest BCUT2D eigenvalue weighted by molar-refractivity contribution is 0.347. The van der Waals surface area contributed by atoms with Crippen LogP contribution >= 0.6 is 0 Å². The highest BCUT2D eigenvalue weighted by Gasteiger charge is 2.27. The van der Waals surface area contributed by atoms with Crippen LogP contribution in [0.5, 0.6) is 5.75 Å². The van der Waals surface area contributed by atoms with Crippen LogP contribution in [0.1, 0.15) is 18.5 Å². The first kappa shape index (κ1) is 14.9. The molecule has 0 aromatic heterocycles. The smallest absolute Gasteiger partial charge is 0.281 e. The van der Waals surface area contributed by atoms with Crippen LogP contribution in [-0.2, 0) is 10.2 Å². The van der Waals surface area contributed by atoms with Gasteiger partial charge in [0.15, 0.2) is 0 Å². The van der Waals surface area contributed by atoms with E-state index in [9.17, 15) is 8.42 Å². The molecule has 0 heterocycles. The summed E-state index contributed by atoms with van der Waals surface area (Å²) in [5.41, 5.74) is 0.841. The predicted octanol–water partition coefficient (Wildman–Crippen LogP) is 1.49. The van der Waals surface area contributed by atoms with E-state index in [4.69, 9.17) is 4.74 Å². The average molecular weight is 272 g/mol. The number of hydrogen-bond donors (Lipinski definition) is 0. The second kappa shape index (κ2) is 5.69. The van der Waals surface area contributed by atoms with Gasteiger partial charge < -0.3 is 4.74 Å². The van der Waals surface area contributed by atoms with E-state index in [1.54, 1.807) is 14.2 Å². The molecule has 1 atom stereocenters. The van der Waals surface area contributed by atoms with E-state index in [0.717, 1.165) is 5.56 Å². The first-order valence-electron chi connectivity index (χ1n) is 5.60. The lowest BCUT2D eigenvalue weighted by atomic mass is 10.1. The van der Waals surface area contributed by atoms with E-state index in [-0.39, 0.29) is 6.04 Å². The highest BCUT2D eigenvalue weighted by molar-refractivity contribution is 7.86. The van der Waals surface area contributed by atoms with Crippen molar-refractivity contribution < 1.29 is 13.2 Å². The van der Waals surface area contributed by atoms with Gasteiger partial charge in [0.05, 0.1) is 13.2 Å². The third kappa shape index (κ3) is 2.82. The van der Waals surface area contributed by atoms with Crippen molar-refractivity contribution in [3.05, 3.63) is 29.8 Å². The van der Waals surface area contributed by atoms with E-state index in [1.807, 2.05) is 31.2 Å². The Hall–Kier alpha value is -1.11. The summed E-state index contributed by atoms with van der Waals surface area (Å²) in [7, 11) is 2.73. The molecule has 1 rings (SSSR count). The topological polar surface area (TPSA) is 49.9 Å². The molecule has 102 valence electrons. The summed E-state index contributed by atoms with van der Waals surface area (Å²) in [6.07, 6.45) is 0. The Morgan fingerprint density at radius 2 is 1.72 bits per heavy atom. The molecule has 0 spiro atoms. The molecule has 0 aliphatic heterocycles. The minimum Gasteiger partial charge on any atom is -0.496 e. The molecule has 0 unspecified atom stereocenters. The molecule has 1 aromatic rings. The fourth-order valence-electron chi connectivity index (χ4n) is 1.66. The Morgan fingerprint density at radius 1 is 1.17 bits per heavy atom. The van der Waals surface area contributed by atoms with Gasteiger partial charge in [-0.25, -0.2) is 0 Å². The van der Waals surface area contributed by atoms with Crippen molar-refractivity contribution in [1.82, 2.24) is 8.61 Å². The third-order valence-corrected chi connectivity index (χ3v) is 4.93.